The highest BCUT2D eigenvalue weighted by Crippen LogP contribution is 2.26. The first kappa shape index (κ1) is 9.49. The van der Waals surface area contributed by atoms with E-state index in [0.717, 1.165) is 10.6 Å². The molecule has 0 spiro atoms. The van der Waals surface area contributed by atoms with Gasteiger partial charge < -0.3 is 5.73 Å². The third kappa shape index (κ3) is 2.80. The zero-order valence-corrected chi connectivity index (χ0v) is 8.16. The van der Waals surface area contributed by atoms with Gasteiger partial charge in [-0.25, -0.2) is 0 Å². The lowest BCUT2D eigenvalue weighted by atomic mass is 10.3. The standard InChI is InChI=1S/C9H10ClNS/c1-7(10)6-12-9-5-3-2-4-8(9)11/h2-5H,1,6,11H2. The highest BCUT2D eigenvalue weighted by atomic mass is 35.5. The molecule has 1 nitrogen and oxygen atoms in total. The van der Waals surface area contributed by atoms with E-state index < -0.39 is 0 Å². The summed E-state index contributed by atoms with van der Waals surface area (Å²) in [5, 5.41) is 0.642. The number of hydrogen-bond acceptors (Lipinski definition) is 2. The smallest absolute Gasteiger partial charge is 0.0452 e. The first-order valence-corrected chi connectivity index (χ1v) is 4.87. The fraction of sp³-hybridized carbons (Fsp3) is 0.111. The third-order valence-electron chi connectivity index (χ3n) is 1.30. The first-order chi connectivity index (χ1) is 5.70. The molecule has 0 atom stereocenters. The summed E-state index contributed by atoms with van der Waals surface area (Å²) in [6.07, 6.45) is 0. The molecule has 0 fully saturated rings. The predicted octanol–water partition coefficient (Wildman–Crippen LogP) is 3.11. The van der Waals surface area contributed by atoms with E-state index in [0.29, 0.717) is 10.8 Å². The van der Waals surface area contributed by atoms with Gasteiger partial charge in [0.2, 0.25) is 0 Å². The molecule has 0 bridgehead atoms. The zero-order chi connectivity index (χ0) is 8.97. The summed E-state index contributed by atoms with van der Waals surface area (Å²) in [5.74, 6) is 0.704. The molecule has 0 amide bonds. The molecule has 2 N–H and O–H groups in total. The second-order valence-electron chi connectivity index (χ2n) is 2.34. The minimum absolute atomic E-state index is 0.642. The Bertz CT molecular complexity index is 286. The number of halogens is 1. The van der Waals surface area contributed by atoms with Gasteiger partial charge in [-0.05, 0) is 12.1 Å². The van der Waals surface area contributed by atoms with Gasteiger partial charge in [-0.2, -0.15) is 0 Å². The van der Waals surface area contributed by atoms with E-state index in [1.807, 2.05) is 24.3 Å². The predicted molar refractivity (Wildman–Crippen MR) is 56.6 cm³/mol. The zero-order valence-electron chi connectivity index (χ0n) is 6.59. The Balaban J connectivity index is 2.63. The van der Waals surface area contributed by atoms with Crippen LogP contribution in [-0.4, -0.2) is 5.75 Å². The van der Waals surface area contributed by atoms with Crippen molar-refractivity contribution in [3.05, 3.63) is 35.9 Å². The Morgan fingerprint density at radius 3 is 2.75 bits per heavy atom. The molecule has 0 heterocycles. The van der Waals surface area contributed by atoms with E-state index in [1.54, 1.807) is 11.8 Å². The van der Waals surface area contributed by atoms with E-state index in [-0.39, 0.29) is 0 Å². The third-order valence-corrected chi connectivity index (χ3v) is 2.77. The van der Waals surface area contributed by atoms with Crippen molar-refractivity contribution in [1.82, 2.24) is 0 Å². The molecule has 12 heavy (non-hydrogen) atoms. The van der Waals surface area contributed by atoms with Gasteiger partial charge in [0.25, 0.3) is 0 Å². The van der Waals surface area contributed by atoms with Crippen LogP contribution in [-0.2, 0) is 0 Å². The van der Waals surface area contributed by atoms with E-state index >= 15 is 0 Å². The molecule has 1 rings (SSSR count). The fourth-order valence-corrected chi connectivity index (χ4v) is 1.65. The first-order valence-electron chi connectivity index (χ1n) is 3.50. The van der Waals surface area contributed by atoms with Crippen LogP contribution in [0, 0.1) is 0 Å². The Kier molecular flexibility index (Phi) is 3.50. The highest BCUT2D eigenvalue weighted by Gasteiger charge is 1.97. The van der Waals surface area contributed by atoms with Gasteiger partial charge in [-0.15, -0.1) is 11.8 Å². The van der Waals surface area contributed by atoms with E-state index in [1.165, 1.54) is 0 Å². The summed E-state index contributed by atoms with van der Waals surface area (Å²) < 4.78 is 0. The lowest BCUT2D eigenvalue weighted by molar-refractivity contribution is 1.46. The monoisotopic (exact) mass is 199 g/mol. The summed E-state index contributed by atoms with van der Waals surface area (Å²) in [6.45, 7) is 3.60. The molecule has 0 unspecified atom stereocenters. The quantitative estimate of drug-likeness (QED) is 0.598. The van der Waals surface area contributed by atoms with Crippen molar-refractivity contribution in [1.29, 1.82) is 0 Å². The summed E-state index contributed by atoms with van der Waals surface area (Å²) in [4.78, 5) is 1.05. The Morgan fingerprint density at radius 1 is 1.50 bits per heavy atom. The van der Waals surface area contributed by atoms with Gasteiger partial charge in [-0.1, -0.05) is 30.3 Å². The number of hydrogen-bond donors (Lipinski definition) is 1. The highest BCUT2D eigenvalue weighted by molar-refractivity contribution is 7.99. The minimum Gasteiger partial charge on any atom is -0.398 e. The number of anilines is 1. The van der Waals surface area contributed by atoms with Crippen LogP contribution >= 0.6 is 23.4 Å². The fourth-order valence-electron chi connectivity index (χ4n) is 0.768. The van der Waals surface area contributed by atoms with Crippen LogP contribution < -0.4 is 5.73 Å². The minimum atomic E-state index is 0.642. The SMILES string of the molecule is C=C(Cl)CSc1ccccc1N. The van der Waals surface area contributed by atoms with Crippen LogP contribution in [0.2, 0.25) is 0 Å². The van der Waals surface area contributed by atoms with Crippen molar-refractivity contribution in [2.75, 3.05) is 11.5 Å². The molecule has 0 saturated carbocycles. The van der Waals surface area contributed by atoms with Crippen molar-refractivity contribution < 1.29 is 0 Å². The normalized spacial score (nSPS) is 9.75. The molecular weight excluding hydrogens is 190 g/mol. The van der Waals surface area contributed by atoms with Crippen LogP contribution in [0.3, 0.4) is 0 Å². The van der Waals surface area contributed by atoms with Crippen molar-refractivity contribution >= 4 is 29.1 Å². The molecule has 0 aliphatic carbocycles. The van der Waals surface area contributed by atoms with Crippen LogP contribution in [0.25, 0.3) is 0 Å². The lowest BCUT2D eigenvalue weighted by Crippen LogP contribution is -1.87. The molecule has 64 valence electrons. The summed E-state index contributed by atoms with van der Waals surface area (Å²) >= 11 is 7.22. The van der Waals surface area contributed by atoms with Gasteiger partial charge in [0.15, 0.2) is 0 Å². The molecule has 0 aromatic heterocycles. The molecule has 0 aliphatic rings. The summed E-state index contributed by atoms with van der Waals surface area (Å²) in [5.41, 5.74) is 6.51. The Hall–Kier alpha value is -0.600. The number of rotatable bonds is 3. The maximum Gasteiger partial charge on any atom is 0.0452 e. The Morgan fingerprint density at radius 2 is 2.17 bits per heavy atom. The van der Waals surface area contributed by atoms with E-state index in [2.05, 4.69) is 6.58 Å². The molecule has 1 aromatic carbocycles. The maximum atomic E-state index is 5.71. The summed E-state index contributed by atoms with van der Waals surface area (Å²) in [7, 11) is 0. The second-order valence-corrected chi connectivity index (χ2v) is 3.90. The van der Waals surface area contributed by atoms with Crippen molar-refractivity contribution in [2.45, 2.75) is 4.90 Å². The molecule has 1 aromatic rings. The molecule has 0 radical (unpaired) electrons. The lowest BCUT2D eigenvalue weighted by Gasteiger charge is -2.02. The largest absolute Gasteiger partial charge is 0.398 e. The number of thioether (sulfide) groups is 1. The van der Waals surface area contributed by atoms with Crippen molar-refractivity contribution in [3.8, 4) is 0 Å². The van der Waals surface area contributed by atoms with Crippen LogP contribution in [0.5, 0.6) is 0 Å². The van der Waals surface area contributed by atoms with Gasteiger partial charge in [0.05, 0.1) is 0 Å². The average molecular weight is 200 g/mol. The second kappa shape index (κ2) is 4.43. The number of nitrogen functional groups attached to an aromatic ring is 1. The van der Waals surface area contributed by atoms with E-state index in [9.17, 15) is 0 Å². The number of nitrogens with two attached hydrogens (primary N) is 1. The van der Waals surface area contributed by atoms with Gasteiger partial charge >= 0.3 is 0 Å². The summed E-state index contributed by atoms with van der Waals surface area (Å²) in [6, 6.07) is 7.71. The van der Waals surface area contributed by atoms with Crippen LogP contribution in [0.1, 0.15) is 0 Å². The van der Waals surface area contributed by atoms with Gasteiger partial charge in [0, 0.05) is 21.4 Å². The van der Waals surface area contributed by atoms with Crippen molar-refractivity contribution in [3.63, 3.8) is 0 Å². The molecule has 3 heteroatoms. The maximum absolute atomic E-state index is 5.71. The van der Waals surface area contributed by atoms with Crippen molar-refractivity contribution in [2.24, 2.45) is 0 Å². The average Bonchev–Trinajstić information content (AvgIpc) is 2.03. The topological polar surface area (TPSA) is 26.0 Å². The molecular formula is C9H10ClNS. The number of benzene rings is 1. The van der Waals surface area contributed by atoms with E-state index in [4.69, 9.17) is 17.3 Å². The van der Waals surface area contributed by atoms with Gasteiger partial charge in [0.1, 0.15) is 0 Å². The Labute approximate surface area is 81.6 Å². The number of para-hydroxylation sites is 1. The molecule has 0 saturated heterocycles. The van der Waals surface area contributed by atoms with Gasteiger partial charge in [-0.3, -0.25) is 0 Å². The van der Waals surface area contributed by atoms with Crippen LogP contribution in [0.4, 0.5) is 5.69 Å². The van der Waals surface area contributed by atoms with Crippen LogP contribution in [0.15, 0.2) is 40.8 Å². The molecule has 0 aliphatic heterocycles.